The number of hydrogen-bond acceptors (Lipinski definition) is 3. The summed E-state index contributed by atoms with van der Waals surface area (Å²) in [7, 11) is 0. The van der Waals surface area contributed by atoms with E-state index >= 15 is 0 Å². The van der Waals surface area contributed by atoms with E-state index in [0.29, 0.717) is 24.8 Å². The highest BCUT2D eigenvalue weighted by Crippen LogP contribution is 2.29. The second kappa shape index (κ2) is 4.92. The van der Waals surface area contributed by atoms with Crippen LogP contribution in [0.25, 0.3) is 0 Å². The first-order chi connectivity index (χ1) is 7.65. The van der Waals surface area contributed by atoms with Crippen molar-refractivity contribution < 1.29 is 9.84 Å². The molecule has 5 heteroatoms. The molecule has 1 saturated heterocycles. The number of ether oxygens (including phenoxy) is 1. The summed E-state index contributed by atoms with van der Waals surface area (Å²) in [5.41, 5.74) is 0.863. The van der Waals surface area contributed by atoms with Gasteiger partial charge in [0.2, 0.25) is 0 Å². The van der Waals surface area contributed by atoms with Crippen molar-refractivity contribution in [3.05, 3.63) is 27.7 Å². The molecule has 1 aromatic carbocycles. The molecule has 2 rings (SSSR count). The van der Waals surface area contributed by atoms with Crippen molar-refractivity contribution in [1.29, 1.82) is 0 Å². The van der Waals surface area contributed by atoms with Crippen LogP contribution in [0.4, 0.5) is 5.69 Å². The van der Waals surface area contributed by atoms with E-state index in [2.05, 4.69) is 21.2 Å². The Morgan fingerprint density at radius 2 is 2.25 bits per heavy atom. The predicted octanol–water partition coefficient (Wildman–Crippen LogP) is 2.52. The van der Waals surface area contributed by atoms with Crippen molar-refractivity contribution in [3.63, 3.8) is 0 Å². The molecule has 0 bridgehead atoms. The van der Waals surface area contributed by atoms with Gasteiger partial charge in [-0.1, -0.05) is 11.6 Å². The van der Waals surface area contributed by atoms with E-state index in [4.69, 9.17) is 16.3 Å². The zero-order chi connectivity index (χ0) is 11.6. The van der Waals surface area contributed by atoms with Gasteiger partial charge in [0.15, 0.2) is 0 Å². The largest absolute Gasteiger partial charge is 0.396 e. The number of aliphatic hydroxyl groups excluding tert-OH is 1. The fraction of sp³-hybridized carbons (Fsp3) is 0.455. The van der Waals surface area contributed by atoms with Gasteiger partial charge >= 0.3 is 0 Å². The number of nitrogens with one attached hydrogen (secondary N) is 1. The molecule has 0 atom stereocenters. The fourth-order valence-electron chi connectivity index (χ4n) is 1.54. The van der Waals surface area contributed by atoms with Crippen LogP contribution in [-0.2, 0) is 4.74 Å². The first-order valence-corrected chi connectivity index (χ1v) is 6.20. The van der Waals surface area contributed by atoms with Crippen LogP contribution in [0, 0.1) is 5.41 Å². The Hall–Kier alpha value is -0.290. The molecular weight excluding hydrogens is 293 g/mol. The molecule has 16 heavy (non-hydrogen) atoms. The van der Waals surface area contributed by atoms with Crippen LogP contribution < -0.4 is 5.32 Å². The lowest BCUT2D eigenvalue weighted by Crippen LogP contribution is -2.50. The maximum atomic E-state index is 9.26. The lowest BCUT2D eigenvalue weighted by Gasteiger charge is -2.40. The van der Waals surface area contributed by atoms with E-state index < -0.39 is 0 Å². The highest BCUT2D eigenvalue weighted by molar-refractivity contribution is 9.10. The minimum atomic E-state index is -0.119. The second-order valence-corrected chi connectivity index (χ2v) is 5.39. The SMILES string of the molecule is OCC1(CNc2ccc(Cl)c(Br)c2)COC1. The Kier molecular flexibility index (Phi) is 3.74. The molecular formula is C11H13BrClNO2. The highest BCUT2D eigenvalue weighted by atomic mass is 79.9. The molecule has 88 valence electrons. The standard InChI is InChI=1S/C11H13BrClNO2/c12-9-3-8(1-2-10(9)13)14-4-11(5-15)6-16-7-11/h1-3,14-15H,4-7H2. The third-order valence-corrected chi connectivity index (χ3v) is 3.95. The van der Waals surface area contributed by atoms with Gasteiger partial charge in [-0.25, -0.2) is 0 Å². The van der Waals surface area contributed by atoms with Gasteiger partial charge in [0.1, 0.15) is 0 Å². The fourth-order valence-corrected chi connectivity index (χ4v) is 2.03. The Labute approximate surface area is 108 Å². The maximum Gasteiger partial charge on any atom is 0.0584 e. The van der Waals surface area contributed by atoms with Crippen molar-refractivity contribution in [2.75, 3.05) is 31.7 Å². The summed E-state index contributed by atoms with van der Waals surface area (Å²) in [5, 5.41) is 13.2. The molecule has 0 spiro atoms. The molecule has 1 aliphatic rings. The van der Waals surface area contributed by atoms with Crippen LogP contribution >= 0.6 is 27.5 Å². The number of aliphatic hydroxyl groups is 1. The van der Waals surface area contributed by atoms with Crippen molar-refractivity contribution in [2.24, 2.45) is 5.41 Å². The van der Waals surface area contributed by atoms with Crippen LogP contribution in [0.3, 0.4) is 0 Å². The number of halogens is 2. The van der Waals surface area contributed by atoms with Gasteiger partial charge in [0, 0.05) is 16.7 Å². The molecule has 1 heterocycles. The summed E-state index contributed by atoms with van der Waals surface area (Å²) in [5.74, 6) is 0. The number of anilines is 1. The zero-order valence-corrected chi connectivity index (χ0v) is 11.0. The minimum Gasteiger partial charge on any atom is -0.396 e. The summed E-state index contributed by atoms with van der Waals surface area (Å²) < 4.78 is 5.99. The van der Waals surface area contributed by atoms with Crippen LogP contribution in [0.15, 0.2) is 22.7 Å². The average Bonchev–Trinajstić information content (AvgIpc) is 2.22. The van der Waals surface area contributed by atoms with Crippen LogP contribution in [0.2, 0.25) is 5.02 Å². The summed E-state index contributed by atoms with van der Waals surface area (Å²) in [6.07, 6.45) is 0. The average molecular weight is 307 g/mol. The molecule has 0 saturated carbocycles. The molecule has 1 fully saturated rings. The molecule has 0 aromatic heterocycles. The normalized spacial score (nSPS) is 17.9. The van der Waals surface area contributed by atoms with E-state index in [1.165, 1.54) is 0 Å². The lowest BCUT2D eigenvalue weighted by atomic mass is 9.87. The predicted molar refractivity (Wildman–Crippen MR) is 68.0 cm³/mol. The smallest absolute Gasteiger partial charge is 0.0584 e. The third kappa shape index (κ3) is 2.51. The molecule has 1 aromatic rings. The van der Waals surface area contributed by atoms with Crippen LogP contribution in [-0.4, -0.2) is 31.5 Å². The first kappa shape index (κ1) is 12.2. The zero-order valence-electron chi connectivity index (χ0n) is 8.67. The van der Waals surface area contributed by atoms with Gasteiger partial charge in [-0.05, 0) is 34.1 Å². The maximum absolute atomic E-state index is 9.26. The van der Waals surface area contributed by atoms with Gasteiger partial charge < -0.3 is 15.2 Å². The summed E-state index contributed by atoms with van der Waals surface area (Å²) >= 11 is 9.27. The Morgan fingerprint density at radius 1 is 1.50 bits per heavy atom. The van der Waals surface area contributed by atoms with Gasteiger partial charge in [-0.3, -0.25) is 0 Å². The van der Waals surface area contributed by atoms with E-state index in [0.717, 1.165) is 10.2 Å². The van der Waals surface area contributed by atoms with E-state index in [1.54, 1.807) is 0 Å². The molecule has 1 aliphatic heterocycles. The molecule has 0 radical (unpaired) electrons. The monoisotopic (exact) mass is 305 g/mol. The Morgan fingerprint density at radius 3 is 2.75 bits per heavy atom. The van der Waals surface area contributed by atoms with Crippen molar-refractivity contribution in [3.8, 4) is 0 Å². The Balaban J connectivity index is 1.96. The van der Waals surface area contributed by atoms with Crippen molar-refractivity contribution in [1.82, 2.24) is 0 Å². The van der Waals surface area contributed by atoms with E-state index in [9.17, 15) is 5.11 Å². The van der Waals surface area contributed by atoms with E-state index in [1.807, 2.05) is 18.2 Å². The summed E-state index contributed by atoms with van der Waals surface area (Å²) in [6, 6.07) is 5.67. The first-order valence-electron chi connectivity index (χ1n) is 5.03. The van der Waals surface area contributed by atoms with Crippen molar-refractivity contribution >= 4 is 33.2 Å². The molecule has 0 amide bonds. The summed E-state index contributed by atoms with van der Waals surface area (Å²) in [4.78, 5) is 0. The van der Waals surface area contributed by atoms with Crippen LogP contribution in [0.1, 0.15) is 0 Å². The molecule has 0 aliphatic carbocycles. The second-order valence-electron chi connectivity index (χ2n) is 4.13. The van der Waals surface area contributed by atoms with Gasteiger partial charge in [0.25, 0.3) is 0 Å². The van der Waals surface area contributed by atoms with Gasteiger partial charge in [-0.2, -0.15) is 0 Å². The van der Waals surface area contributed by atoms with Gasteiger partial charge in [0.05, 0.1) is 30.3 Å². The van der Waals surface area contributed by atoms with Crippen molar-refractivity contribution in [2.45, 2.75) is 0 Å². The lowest BCUT2D eigenvalue weighted by molar-refractivity contribution is -0.128. The quantitative estimate of drug-likeness (QED) is 0.898. The summed E-state index contributed by atoms with van der Waals surface area (Å²) in [6.45, 7) is 2.09. The number of hydrogen-bond donors (Lipinski definition) is 2. The molecule has 3 nitrogen and oxygen atoms in total. The molecule has 0 unspecified atom stereocenters. The Bertz CT molecular complexity index is 377. The number of benzene rings is 1. The van der Waals surface area contributed by atoms with Gasteiger partial charge in [-0.15, -0.1) is 0 Å². The minimum absolute atomic E-state index is 0.119. The van der Waals surface area contributed by atoms with E-state index in [-0.39, 0.29) is 12.0 Å². The molecule has 2 N–H and O–H groups in total. The third-order valence-electron chi connectivity index (χ3n) is 2.74. The number of rotatable bonds is 4. The van der Waals surface area contributed by atoms with Crippen LogP contribution in [0.5, 0.6) is 0 Å². The highest BCUT2D eigenvalue weighted by Gasteiger charge is 2.37. The topological polar surface area (TPSA) is 41.5 Å².